The third-order valence-corrected chi connectivity index (χ3v) is 5.57. The van der Waals surface area contributed by atoms with Crippen molar-refractivity contribution in [3.05, 3.63) is 89.1 Å². The number of imide groups is 1. The number of carbonyl (C=O) groups excluding carboxylic acids is 2. The SMILES string of the molecule is CCCOc1ccc(C2=C(Nc3cc(C)ccc3OC)C(=O)N(c3ccc(C#N)cc3)C2=O)cc1. The summed E-state index contributed by atoms with van der Waals surface area (Å²) in [5.74, 6) is 0.273. The number of rotatable bonds is 8. The minimum atomic E-state index is -0.496. The van der Waals surface area contributed by atoms with Gasteiger partial charge in [0.15, 0.2) is 0 Å². The molecule has 3 aromatic carbocycles. The molecule has 0 aromatic heterocycles. The van der Waals surface area contributed by atoms with E-state index < -0.39 is 11.8 Å². The van der Waals surface area contributed by atoms with Crippen LogP contribution in [0.25, 0.3) is 5.57 Å². The Hall–Kier alpha value is -4.57. The zero-order valence-electron chi connectivity index (χ0n) is 19.8. The van der Waals surface area contributed by atoms with Crippen LogP contribution in [0.3, 0.4) is 0 Å². The van der Waals surface area contributed by atoms with E-state index in [-0.39, 0.29) is 11.3 Å². The van der Waals surface area contributed by atoms with Gasteiger partial charge in [-0.15, -0.1) is 0 Å². The van der Waals surface area contributed by atoms with Gasteiger partial charge < -0.3 is 14.8 Å². The molecule has 1 heterocycles. The number of nitriles is 1. The van der Waals surface area contributed by atoms with Crippen LogP contribution in [-0.2, 0) is 9.59 Å². The molecule has 35 heavy (non-hydrogen) atoms. The van der Waals surface area contributed by atoms with Crippen molar-refractivity contribution in [2.24, 2.45) is 0 Å². The summed E-state index contributed by atoms with van der Waals surface area (Å²) in [4.78, 5) is 28.3. The Morgan fingerprint density at radius 3 is 2.31 bits per heavy atom. The van der Waals surface area contributed by atoms with Crippen molar-refractivity contribution in [3.63, 3.8) is 0 Å². The monoisotopic (exact) mass is 467 g/mol. The number of nitrogens with zero attached hydrogens (tertiary/aromatic N) is 2. The van der Waals surface area contributed by atoms with E-state index in [1.165, 1.54) is 0 Å². The van der Waals surface area contributed by atoms with Gasteiger partial charge >= 0.3 is 0 Å². The number of nitrogens with one attached hydrogen (secondary N) is 1. The van der Waals surface area contributed by atoms with Gasteiger partial charge in [-0.2, -0.15) is 5.26 Å². The topological polar surface area (TPSA) is 91.7 Å². The summed E-state index contributed by atoms with van der Waals surface area (Å²) in [5.41, 5.74) is 3.33. The summed E-state index contributed by atoms with van der Waals surface area (Å²) in [6, 6.07) is 21.0. The predicted octanol–water partition coefficient (Wildman–Crippen LogP) is 5.06. The van der Waals surface area contributed by atoms with Crippen LogP contribution in [0.4, 0.5) is 11.4 Å². The standard InChI is InChI=1S/C28H25N3O4/c1-4-15-35-22-12-8-20(9-13-22)25-26(30-23-16-18(2)5-14-24(23)34-3)28(33)31(27(25)32)21-10-6-19(17-29)7-11-21/h5-14,16,30H,4,15H2,1-3H3. The Bertz CT molecular complexity index is 1340. The molecule has 7 nitrogen and oxygen atoms in total. The maximum Gasteiger partial charge on any atom is 0.282 e. The van der Waals surface area contributed by atoms with Crippen molar-refractivity contribution in [3.8, 4) is 17.6 Å². The van der Waals surface area contributed by atoms with E-state index in [9.17, 15) is 9.59 Å². The first-order chi connectivity index (χ1) is 17.0. The minimum Gasteiger partial charge on any atom is -0.495 e. The number of methoxy groups -OCH3 is 1. The summed E-state index contributed by atoms with van der Waals surface area (Å²) < 4.78 is 11.1. The Labute approximate surface area is 204 Å². The van der Waals surface area contributed by atoms with E-state index in [1.807, 2.05) is 32.0 Å². The largest absolute Gasteiger partial charge is 0.495 e. The third kappa shape index (κ3) is 4.73. The van der Waals surface area contributed by atoms with Crippen molar-refractivity contribution in [1.29, 1.82) is 5.26 Å². The Kier molecular flexibility index (Phi) is 6.83. The number of aryl methyl sites for hydroxylation is 1. The summed E-state index contributed by atoms with van der Waals surface area (Å²) in [6.45, 7) is 4.54. The molecule has 0 radical (unpaired) electrons. The van der Waals surface area contributed by atoms with E-state index >= 15 is 0 Å². The molecule has 1 N–H and O–H groups in total. The van der Waals surface area contributed by atoms with Crippen LogP contribution < -0.4 is 19.7 Å². The van der Waals surface area contributed by atoms with Crippen molar-refractivity contribution in [1.82, 2.24) is 0 Å². The predicted molar refractivity (Wildman–Crippen MR) is 134 cm³/mol. The van der Waals surface area contributed by atoms with Gasteiger partial charge in [-0.25, -0.2) is 4.90 Å². The number of hydrogen-bond acceptors (Lipinski definition) is 6. The highest BCUT2D eigenvalue weighted by molar-refractivity contribution is 6.46. The van der Waals surface area contributed by atoms with Crippen LogP contribution in [0.5, 0.6) is 11.5 Å². The fourth-order valence-corrected chi connectivity index (χ4v) is 3.82. The molecule has 0 unspecified atom stereocenters. The van der Waals surface area contributed by atoms with Gasteiger partial charge in [0.05, 0.1) is 42.3 Å². The molecule has 0 aliphatic carbocycles. The average molecular weight is 468 g/mol. The second-order valence-corrected chi connectivity index (χ2v) is 8.06. The van der Waals surface area contributed by atoms with Crippen LogP contribution >= 0.6 is 0 Å². The van der Waals surface area contributed by atoms with E-state index in [4.69, 9.17) is 14.7 Å². The molecule has 2 amide bonds. The van der Waals surface area contributed by atoms with Gasteiger partial charge in [0.25, 0.3) is 11.8 Å². The van der Waals surface area contributed by atoms with Crippen LogP contribution in [0.2, 0.25) is 0 Å². The molecule has 1 aliphatic heterocycles. The molecule has 0 saturated heterocycles. The van der Waals surface area contributed by atoms with Crippen molar-refractivity contribution < 1.29 is 19.1 Å². The minimum absolute atomic E-state index is 0.144. The summed E-state index contributed by atoms with van der Waals surface area (Å²) in [7, 11) is 1.55. The summed E-state index contributed by atoms with van der Waals surface area (Å²) >= 11 is 0. The number of amides is 2. The molecule has 0 bridgehead atoms. The number of hydrogen-bond donors (Lipinski definition) is 1. The van der Waals surface area contributed by atoms with Gasteiger partial charge in [-0.3, -0.25) is 9.59 Å². The zero-order valence-corrected chi connectivity index (χ0v) is 19.8. The lowest BCUT2D eigenvalue weighted by molar-refractivity contribution is -0.120. The highest BCUT2D eigenvalue weighted by Gasteiger charge is 2.40. The van der Waals surface area contributed by atoms with Crippen molar-refractivity contribution >= 4 is 28.8 Å². The molecular weight excluding hydrogens is 442 g/mol. The maximum absolute atomic E-state index is 13.6. The van der Waals surface area contributed by atoms with Gasteiger partial charge in [0, 0.05) is 0 Å². The molecule has 0 spiro atoms. The van der Waals surface area contributed by atoms with Gasteiger partial charge in [0.2, 0.25) is 0 Å². The number of ether oxygens (including phenoxy) is 2. The Morgan fingerprint density at radius 1 is 0.971 bits per heavy atom. The number of benzene rings is 3. The summed E-state index contributed by atoms with van der Waals surface area (Å²) in [5, 5.41) is 12.3. The smallest absolute Gasteiger partial charge is 0.282 e. The first-order valence-corrected chi connectivity index (χ1v) is 11.2. The highest BCUT2D eigenvalue weighted by Crippen LogP contribution is 2.36. The normalized spacial score (nSPS) is 13.1. The maximum atomic E-state index is 13.6. The van der Waals surface area contributed by atoms with Crippen molar-refractivity contribution in [2.45, 2.75) is 20.3 Å². The van der Waals surface area contributed by atoms with Gasteiger partial charge in [-0.05, 0) is 73.0 Å². The first kappa shape index (κ1) is 23.6. The third-order valence-electron chi connectivity index (χ3n) is 5.57. The molecule has 1 aliphatic rings. The van der Waals surface area contributed by atoms with Crippen molar-refractivity contribution in [2.75, 3.05) is 23.9 Å². The lowest BCUT2D eigenvalue weighted by Crippen LogP contribution is -2.32. The van der Waals surface area contributed by atoms with Crippen LogP contribution in [0.15, 0.2) is 72.4 Å². The fourth-order valence-electron chi connectivity index (χ4n) is 3.82. The molecular formula is C28H25N3O4. The number of anilines is 2. The molecule has 0 saturated carbocycles. The second-order valence-electron chi connectivity index (χ2n) is 8.06. The molecule has 176 valence electrons. The summed E-state index contributed by atoms with van der Waals surface area (Å²) in [6.07, 6.45) is 0.881. The first-order valence-electron chi connectivity index (χ1n) is 11.2. The van der Waals surface area contributed by atoms with Crippen LogP contribution in [-0.4, -0.2) is 25.5 Å². The van der Waals surface area contributed by atoms with E-state index in [1.54, 1.807) is 61.7 Å². The Morgan fingerprint density at radius 2 is 1.69 bits per heavy atom. The molecule has 0 fully saturated rings. The molecule has 3 aromatic rings. The zero-order chi connectivity index (χ0) is 24.9. The average Bonchev–Trinajstić information content (AvgIpc) is 3.12. The molecule has 4 rings (SSSR count). The lowest BCUT2D eigenvalue weighted by Gasteiger charge is -2.16. The molecule has 7 heteroatoms. The second kappa shape index (κ2) is 10.1. The molecule has 0 atom stereocenters. The number of carbonyl (C=O) groups is 2. The lowest BCUT2D eigenvalue weighted by atomic mass is 10.0. The van der Waals surface area contributed by atoms with Crippen LogP contribution in [0, 0.1) is 18.3 Å². The van der Waals surface area contributed by atoms with E-state index in [2.05, 4.69) is 5.32 Å². The quantitative estimate of drug-likeness (QED) is 0.466. The van der Waals surface area contributed by atoms with Crippen LogP contribution in [0.1, 0.15) is 30.0 Å². The van der Waals surface area contributed by atoms with E-state index in [0.717, 1.165) is 16.9 Å². The fraction of sp³-hybridized carbons (Fsp3) is 0.179. The van der Waals surface area contributed by atoms with Gasteiger partial charge in [0.1, 0.15) is 17.2 Å². The van der Waals surface area contributed by atoms with E-state index in [0.29, 0.717) is 40.6 Å². The van der Waals surface area contributed by atoms with Gasteiger partial charge in [-0.1, -0.05) is 25.1 Å². The highest BCUT2D eigenvalue weighted by atomic mass is 16.5. The Balaban J connectivity index is 1.79.